The van der Waals surface area contributed by atoms with Crippen molar-refractivity contribution >= 4 is 23.3 Å². The smallest absolute Gasteiger partial charge is 0.319 e. The van der Waals surface area contributed by atoms with Crippen molar-refractivity contribution in [3.8, 4) is 0 Å². The first-order valence-corrected chi connectivity index (χ1v) is 15.4. The van der Waals surface area contributed by atoms with E-state index in [9.17, 15) is 9.59 Å². The van der Waals surface area contributed by atoms with Crippen LogP contribution in [-0.2, 0) is 0 Å². The van der Waals surface area contributed by atoms with Crippen LogP contribution in [0.2, 0.25) is 0 Å². The normalized spacial score (nSPS) is 14.1. The van der Waals surface area contributed by atoms with Gasteiger partial charge in [-0.15, -0.1) is 0 Å². The van der Waals surface area contributed by atoms with Gasteiger partial charge in [0, 0.05) is 45.5 Å². The number of nitrogens with two attached hydrogens (primary N) is 1. The van der Waals surface area contributed by atoms with Crippen LogP contribution in [0.25, 0.3) is 0 Å². The van der Waals surface area contributed by atoms with Gasteiger partial charge in [0.25, 0.3) is 5.91 Å². The number of benzene rings is 3. The van der Waals surface area contributed by atoms with Crippen LogP contribution >= 0.6 is 0 Å². The Morgan fingerprint density at radius 3 is 2.02 bits per heavy atom. The molecule has 7 nitrogen and oxygen atoms in total. The Morgan fingerprint density at radius 2 is 1.48 bits per heavy atom. The number of nitrogens with one attached hydrogen (secondary N) is 1. The average molecular weight is 570 g/mol. The van der Waals surface area contributed by atoms with Crippen LogP contribution in [0.5, 0.6) is 0 Å². The van der Waals surface area contributed by atoms with Crippen molar-refractivity contribution in [1.29, 1.82) is 0 Å². The van der Waals surface area contributed by atoms with Gasteiger partial charge in [0.1, 0.15) is 0 Å². The van der Waals surface area contributed by atoms with E-state index in [1.807, 2.05) is 37.2 Å². The predicted molar refractivity (Wildman–Crippen MR) is 173 cm³/mol. The first-order chi connectivity index (χ1) is 20.4. The van der Waals surface area contributed by atoms with Gasteiger partial charge >= 0.3 is 6.03 Å². The first-order valence-electron chi connectivity index (χ1n) is 15.4. The molecule has 1 fully saturated rings. The van der Waals surface area contributed by atoms with Crippen LogP contribution in [0, 0.1) is 0 Å². The number of piperidine rings is 1. The molecule has 0 aliphatic carbocycles. The third kappa shape index (κ3) is 8.13. The summed E-state index contributed by atoms with van der Waals surface area (Å²) in [6, 6.07) is 26.6. The number of likely N-dealkylation sites (tertiary alicyclic amines) is 1. The second kappa shape index (κ2) is 15.4. The fourth-order valence-electron chi connectivity index (χ4n) is 5.89. The van der Waals surface area contributed by atoms with Gasteiger partial charge in [0.15, 0.2) is 0 Å². The minimum Gasteiger partial charge on any atom is -0.378 e. The highest BCUT2D eigenvalue weighted by atomic mass is 16.2. The molecule has 0 radical (unpaired) electrons. The summed E-state index contributed by atoms with van der Waals surface area (Å²) in [6.07, 6.45) is 7.04. The van der Waals surface area contributed by atoms with Crippen LogP contribution in [0.3, 0.4) is 0 Å². The number of carbonyl (C=O) groups excluding carboxylic acids is 2. The molecule has 3 aromatic rings. The van der Waals surface area contributed by atoms with E-state index in [-0.39, 0.29) is 18.0 Å². The van der Waals surface area contributed by atoms with Crippen LogP contribution in [-0.4, -0.2) is 56.6 Å². The lowest BCUT2D eigenvalue weighted by molar-refractivity contribution is 0.0901. The Hall–Kier alpha value is -3.84. The molecule has 0 atom stereocenters. The summed E-state index contributed by atoms with van der Waals surface area (Å²) in [7, 11) is 3.89. The van der Waals surface area contributed by atoms with Crippen molar-refractivity contribution in [1.82, 2.24) is 10.2 Å². The van der Waals surface area contributed by atoms with E-state index in [4.69, 9.17) is 5.73 Å². The zero-order chi connectivity index (χ0) is 29.9. The Bertz CT molecular complexity index is 1230. The molecule has 42 heavy (non-hydrogen) atoms. The number of anilines is 2. The van der Waals surface area contributed by atoms with Gasteiger partial charge in [-0.3, -0.25) is 14.6 Å². The first kappa shape index (κ1) is 31.1. The molecule has 3 N–H and O–H groups in total. The lowest BCUT2D eigenvalue weighted by Crippen LogP contribution is -2.46. The van der Waals surface area contributed by atoms with Crippen molar-refractivity contribution in [2.24, 2.45) is 5.73 Å². The number of urea groups is 1. The number of primary amides is 1. The maximum absolute atomic E-state index is 13.8. The summed E-state index contributed by atoms with van der Waals surface area (Å²) >= 11 is 0. The van der Waals surface area contributed by atoms with Crippen molar-refractivity contribution < 1.29 is 9.59 Å². The Balaban J connectivity index is 1.47. The molecule has 3 amide bonds. The zero-order valence-corrected chi connectivity index (χ0v) is 25.5. The van der Waals surface area contributed by atoms with Crippen molar-refractivity contribution in [3.63, 3.8) is 0 Å². The molecule has 224 valence electrons. The number of unbranched alkanes of at least 4 members (excludes halogenated alkanes) is 4. The standard InChI is InChI=1S/C35H47N5O2/c1-4-5-6-7-14-23-40(35(36)42)32-20-19-30(38(2)3)26-31(32)34(41)37-29-21-24-39(25-22-29)33(27-15-10-8-11-16-27)28-17-12-9-13-18-28/h8-13,15-20,26,29,33H,4-7,14,21-25H2,1-3H3,(H2,36,42)(H,37,41). The highest BCUT2D eigenvalue weighted by Crippen LogP contribution is 2.32. The van der Waals surface area contributed by atoms with Crippen molar-refractivity contribution in [2.75, 3.05) is 43.5 Å². The predicted octanol–water partition coefficient (Wildman–Crippen LogP) is 6.59. The van der Waals surface area contributed by atoms with Gasteiger partial charge < -0.3 is 16.0 Å². The number of nitrogens with zero attached hydrogens (tertiary/aromatic N) is 3. The third-order valence-corrected chi connectivity index (χ3v) is 8.24. The van der Waals surface area contributed by atoms with Gasteiger partial charge in [-0.1, -0.05) is 93.3 Å². The number of carbonyl (C=O) groups is 2. The number of rotatable bonds is 13. The van der Waals surface area contributed by atoms with Crippen LogP contribution < -0.4 is 20.9 Å². The molecular weight excluding hydrogens is 522 g/mol. The van der Waals surface area contributed by atoms with Gasteiger partial charge in [-0.25, -0.2) is 4.79 Å². The summed E-state index contributed by atoms with van der Waals surface area (Å²) in [4.78, 5) is 32.4. The summed E-state index contributed by atoms with van der Waals surface area (Å²) < 4.78 is 0. The summed E-state index contributed by atoms with van der Waals surface area (Å²) in [5.41, 5.74) is 10.4. The Labute approximate surface area is 251 Å². The van der Waals surface area contributed by atoms with E-state index in [2.05, 4.69) is 77.8 Å². The zero-order valence-electron chi connectivity index (χ0n) is 25.5. The maximum Gasteiger partial charge on any atom is 0.319 e. The van der Waals surface area contributed by atoms with Crippen LogP contribution in [0.15, 0.2) is 78.9 Å². The summed E-state index contributed by atoms with van der Waals surface area (Å²) in [6.45, 7) is 4.42. The lowest BCUT2D eigenvalue weighted by atomic mass is 9.94. The van der Waals surface area contributed by atoms with E-state index in [1.165, 1.54) is 17.5 Å². The molecule has 1 aliphatic rings. The maximum atomic E-state index is 13.8. The molecule has 1 aliphatic heterocycles. The average Bonchev–Trinajstić information content (AvgIpc) is 3.00. The molecule has 1 heterocycles. The van der Waals surface area contributed by atoms with Gasteiger partial charge in [-0.05, 0) is 48.6 Å². The molecule has 0 saturated carbocycles. The molecule has 4 rings (SSSR count). The summed E-state index contributed by atoms with van der Waals surface area (Å²) in [5.74, 6) is -0.160. The minimum atomic E-state index is -0.529. The molecule has 0 aromatic heterocycles. The van der Waals surface area contributed by atoms with Crippen LogP contribution in [0.4, 0.5) is 16.2 Å². The van der Waals surface area contributed by atoms with Crippen LogP contribution in [0.1, 0.15) is 79.4 Å². The molecule has 7 heteroatoms. The second-order valence-electron chi connectivity index (χ2n) is 11.5. The van der Waals surface area contributed by atoms with Gasteiger partial charge in [0.2, 0.25) is 0 Å². The van der Waals surface area contributed by atoms with E-state index in [0.717, 1.165) is 57.3 Å². The molecule has 0 spiro atoms. The number of amides is 3. The third-order valence-electron chi connectivity index (χ3n) is 8.24. The largest absolute Gasteiger partial charge is 0.378 e. The lowest BCUT2D eigenvalue weighted by Gasteiger charge is -2.38. The quantitative estimate of drug-likeness (QED) is 0.228. The fraction of sp³-hybridized carbons (Fsp3) is 0.429. The van der Waals surface area contributed by atoms with Gasteiger partial charge in [0.05, 0.1) is 17.3 Å². The highest BCUT2D eigenvalue weighted by molar-refractivity contribution is 6.05. The van der Waals surface area contributed by atoms with Gasteiger partial charge in [-0.2, -0.15) is 0 Å². The Morgan fingerprint density at radius 1 is 0.881 bits per heavy atom. The van der Waals surface area contributed by atoms with E-state index < -0.39 is 6.03 Å². The molecular formula is C35H47N5O2. The molecule has 3 aromatic carbocycles. The van der Waals surface area contributed by atoms with Crippen molar-refractivity contribution in [3.05, 3.63) is 95.6 Å². The number of hydrogen-bond donors (Lipinski definition) is 2. The monoisotopic (exact) mass is 569 g/mol. The fourth-order valence-corrected chi connectivity index (χ4v) is 5.89. The molecule has 0 bridgehead atoms. The molecule has 0 unspecified atom stereocenters. The van der Waals surface area contributed by atoms with E-state index in [1.54, 1.807) is 4.90 Å². The van der Waals surface area contributed by atoms with Crippen molar-refractivity contribution in [2.45, 2.75) is 64.0 Å². The van der Waals surface area contributed by atoms with E-state index in [0.29, 0.717) is 17.8 Å². The Kier molecular flexibility index (Phi) is 11.4. The summed E-state index contributed by atoms with van der Waals surface area (Å²) in [5, 5.41) is 3.30. The second-order valence-corrected chi connectivity index (χ2v) is 11.5. The topological polar surface area (TPSA) is 81.9 Å². The molecule has 1 saturated heterocycles. The van der Waals surface area contributed by atoms with E-state index >= 15 is 0 Å². The highest BCUT2D eigenvalue weighted by Gasteiger charge is 2.29. The SMILES string of the molecule is CCCCCCCN(C(N)=O)c1ccc(N(C)C)cc1C(=O)NC1CCN(C(c2ccccc2)c2ccccc2)CC1. The minimum absolute atomic E-state index is 0.0490. The number of hydrogen-bond acceptors (Lipinski definition) is 4.